The van der Waals surface area contributed by atoms with E-state index in [0.29, 0.717) is 23.3 Å². The van der Waals surface area contributed by atoms with Crippen molar-refractivity contribution in [3.05, 3.63) is 77.3 Å². The van der Waals surface area contributed by atoms with E-state index < -0.39 is 5.82 Å². The fourth-order valence-corrected chi connectivity index (χ4v) is 3.38. The minimum atomic E-state index is -0.512. The van der Waals surface area contributed by atoms with E-state index in [1.54, 1.807) is 43.5 Å². The number of hydrogen-bond acceptors (Lipinski definition) is 4. The first kappa shape index (κ1) is 19.7. The van der Waals surface area contributed by atoms with Gasteiger partial charge in [0, 0.05) is 29.6 Å². The normalized spacial score (nSPS) is 16.1. The van der Waals surface area contributed by atoms with Gasteiger partial charge in [0.05, 0.1) is 6.20 Å². The summed E-state index contributed by atoms with van der Waals surface area (Å²) in [6.07, 6.45) is 13.6. The van der Waals surface area contributed by atoms with Gasteiger partial charge in [0.2, 0.25) is 5.95 Å². The number of pyridine rings is 1. The van der Waals surface area contributed by atoms with Crippen molar-refractivity contribution in [3.63, 3.8) is 0 Å². The van der Waals surface area contributed by atoms with Crippen LogP contribution in [0.3, 0.4) is 0 Å². The predicted octanol–water partition coefficient (Wildman–Crippen LogP) is 4.65. The Morgan fingerprint density at radius 3 is 2.79 bits per heavy atom. The average Bonchev–Trinajstić information content (AvgIpc) is 2.72. The summed E-state index contributed by atoms with van der Waals surface area (Å²) in [5.74, 6) is -0.0875. The van der Waals surface area contributed by atoms with Crippen LogP contribution in [-0.2, 0) is 0 Å². The van der Waals surface area contributed by atoms with Crippen LogP contribution in [0.5, 0.6) is 0 Å². The summed E-state index contributed by atoms with van der Waals surface area (Å²) in [7, 11) is 0. The van der Waals surface area contributed by atoms with Gasteiger partial charge in [-0.25, -0.2) is 14.4 Å². The van der Waals surface area contributed by atoms with E-state index in [1.807, 2.05) is 0 Å². The molecule has 1 N–H and O–H groups in total. The molecule has 0 spiro atoms. The van der Waals surface area contributed by atoms with Crippen molar-refractivity contribution in [2.75, 3.05) is 5.32 Å². The maximum Gasteiger partial charge on any atom is 0.255 e. The Morgan fingerprint density at radius 2 is 2.11 bits per heavy atom. The highest BCUT2D eigenvalue weighted by molar-refractivity contribution is 5.80. The molecular weight excluding hydrogens is 355 g/mol. The highest BCUT2D eigenvalue weighted by Crippen LogP contribution is 2.23. The molecule has 28 heavy (non-hydrogen) atoms. The van der Waals surface area contributed by atoms with Crippen molar-refractivity contribution in [2.45, 2.75) is 45.1 Å². The highest BCUT2D eigenvalue weighted by Gasteiger charge is 2.16. The van der Waals surface area contributed by atoms with Crippen LogP contribution in [0, 0.1) is 5.82 Å². The number of rotatable bonds is 6. The van der Waals surface area contributed by atoms with Crippen molar-refractivity contribution in [1.82, 2.24) is 14.5 Å². The van der Waals surface area contributed by atoms with Gasteiger partial charge in [0.15, 0.2) is 5.82 Å². The molecule has 6 heteroatoms. The van der Waals surface area contributed by atoms with E-state index in [0.717, 1.165) is 12.8 Å². The van der Waals surface area contributed by atoms with E-state index in [1.165, 1.54) is 36.1 Å². The Bertz CT molecular complexity index is 955. The highest BCUT2D eigenvalue weighted by atomic mass is 19.1. The minimum absolute atomic E-state index is 0.188. The molecule has 1 saturated carbocycles. The average molecular weight is 380 g/mol. The zero-order chi connectivity index (χ0) is 19.9. The second-order valence-corrected chi connectivity index (χ2v) is 6.80. The fraction of sp³-hybridized carbons (Fsp3) is 0.318. The van der Waals surface area contributed by atoms with Crippen LogP contribution >= 0.6 is 0 Å². The number of anilines is 1. The van der Waals surface area contributed by atoms with Crippen molar-refractivity contribution in [3.8, 4) is 0 Å². The van der Waals surface area contributed by atoms with E-state index in [4.69, 9.17) is 0 Å². The van der Waals surface area contributed by atoms with Crippen LogP contribution in [0.25, 0.3) is 11.3 Å². The lowest BCUT2D eigenvalue weighted by Gasteiger charge is -2.22. The first-order chi connectivity index (χ1) is 13.6. The van der Waals surface area contributed by atoms with E-state index >= 15 is 0 Å². The molecule has 0 aromatic carbocycles. The molecule has 0 bridgehead atoms. The lowest BCUT2D eigenvalue weighted by molar-refractivity contribution is 0.460. The number of hydrogen-bond donors (Lipinski definition) is 1. The van der Waals surface area contributed by atoms with Gasteiger partial charge in [-0.05, 0) is 38.0 Å². The van der Waals surface area contributed by atoms with E-state index in [-0.39, 0.29) is 11.3 Å². The molecule has 1 fully saturated rings. The summed E-state index contributed by atoms with van der Waals surface area (Å²) < 4.78 is 16.0. The summed E-state index contributed by atoms with van der Waals surface area (Å²) in [4.78, 5) is 20.6. The molecule has 0 saturated heterocycles. The first-order valence-corrected chi connectivity index (χ1v) is 9.60. The number of allylic oxidation sites excluding steroid dienone is 5. The molecule has 2 aromatic heterocycles. The first-order valence-electron chi connectivity index (χ1n) is 9.60. The zero-order valence-electron chi connectivity index (χ0n) is 16.1. The van der Waals surface area contributed by atoms with Crippen molar-refractivity contribution in [1.29, 1.82) is 0 Å². The van der Waals surface area contributed by atoms with E-state index in [9.17, 15) is 9.18 Å². The van der Waals surface area contributed by atoms with Crippen LogP contribution in [0.4, 0.5) is 10.3 Å². The molecule has 0 amide bonds. The largest absolute Gasteiger partial charge is 0.351 e. The molecule has 1 aliphatic rings. The van der Waals surface area contributed by atoms with Gasteiger partial charge in [-0.1, -0.05) is 38.0 Å². The maximum atomic E-state index is 14.5. The van der Waals surface area contributed by atoms with Gasteiger partial charge in [0.25, 0.3) is 5.56 Å². The molecule has 0 unspecified atom stereocenters. The Kier molecular flexibility index (Phi) is 6.53. The zero-order valence-corrected chi connectivity index (χ0v) is 16.1. The second-order valence-electron chi connectivity index (χ2n) is 6.80. The summed E-state index contributed by atoms with van der Waals surface area (Å²) in [6.45, 7) is 5.58. The van der Waals surface area contributed by atoms with Crippen molar-refractivity contribution in [2.24, 2.45) is 0 Å². The molecule has 0 radical (unpaired) electrons. The molecule has 1 aliphatic carbocycles. The number of nitrogens with one attached hydrogen (secondary N) is 1. The number of nitrogens with zero attached hydrogens (tertiary/aromatic N) is 3. The van der Waals surface area contributed by atoms with Gasteiger partial charge in [-0.15, -0.1) is 0 Å². The Labute approximate surface area is 164 Å². The second kappa shape index (κ2) is 9.26. The SMILES string of the molecule is C=C/C(=C\C(=C/C)c1nc(NC2CCCCC2)ncc1F)n1ccccc1=O. The quantitative estimate of drug-likeness (QED) is 0.741. The molecule has 0 aliphatic heterocycles. The third-order valence-electron chi connectivity index (χ3n) is 4.88. The lowest BCUT2D eigenvalue weighted by atomic mass is 9.96. The monoisotopic (exact) mass is 380 g/mol. The van der Waals surface area contributed by atoms with Crippen LogP contribution in [0.2, 0.25) is 0 Å². The summed E-state index contributed by atoms with van der Waals surface area (Å²) in [5.41, 5.74) is 1.10. The summed E-state index contributed by atoms with van der Waals surface area (Å²) >= 11 is 0. The molecule has 5 nitrogen and oxygen atoms in total. The lowest BCUT2D eigenvalue weighted by Crippen LogP contribution is -2.23. The molecule has 146 valence electrons. The Balaban J connectivity index is 1.93. The smallest absolute Gasteiger partial charge is 0.255 e. The topological polar surface area (TPSA) is 59.8 Å². The molecule has 3 rings (SSSR count). The van der Waals surface area contributed by atoms with Gasteiger partial charge < -0.3 is 5.32 Å². The van der Waals surface area contributed by atoms with Crippen LogP contribution < -0.4 is 10.9 Å². The molecule has 2 aromatic rings. The fourth-order valence-electron chi connectivity index (χ4n) is 3.38. The van der Waals surface area contributed by atoms with Crippen molar-refractivity contribution >= 4 is 17.2 Å². The third-order valence-corrected chi connectivity index (χ3v) is 4.88. The Morgan fingerprint density at radius 1 is 1.32 bits per heavy atom. The Hall–Kier alpha value is -3.02. The van der Waals surface area contributed by atoms with Gasteiger partial charge in [-0.3, -0.25) is 9.36 Å². The standard InChI is InChI=1S/C22H25FN4O/c1-3-16(14-18(4-2)27-13-9-8-12-20(27)28)21-19(23)15-24-22(26-21)25-17-10-6-5-7-11-17/h3-4,8-9,12-15,17H,2,5-7,10-11H2,1H3,(H,24,25,26)/b16-3+,18-14+. The summed E-state index contributed by atoms with van der Waals surface area (Å²) in [6, 6.07) is 5.21. The third kappa shape index (κ3) is 4.63. The van der Waals surface area contributed by atoms with Gasteiger partial charge in [-0.2, -0.15) is 0 Å². The number of halogens is 1. The molecular formula is C22H25FN4O. The van der Waals surface area contributed by atoms with E-state index in [2.05, 4.69) is 21.9 Å². The maximum absolute atomic E-state index is 14.5. The molecule has 2 heterocycles. The van der Waals surface area contributed by atoms with Crippen molar-refractivity contribution < 1.29 is 4.39 Å². The molecule has 0 atom stereocenters. The van der Waals surface area contributed by atoms with Crippen LogP contribution in [0.1, 0.15) is 44.7 Å². The summed E-state index contributed by atoms with van der Waals surface area (Å²) in [5, 5.41) is 3.32. The van der Waals surface area contributed by atoms with Gasteiger partial charge >= 0.3 is 0 Å². The number of aromatic nitrogens is 3. The van der Waals surface area contributed by atoms with Crippen LogP contribution in [-0.4, -0.2) is 20.6 Å². The van der Waals surface area contributed by atoms with Crippen LogP contribution in [0.15, 0.2) is 60.2 Å². The van der Waals surface area contributed by atoms with Gasteiger partial charge in [0.1, 0.15) is 5.69 Å². The predicted molar refractivity (Wildman–Crippen MR) is 111 cm³/mol. The minimum Gasteiger partial charge on any atom is -0.351 e.